The number of rotatable bonds is 9. The van der Waals surface area contributed by atoms with E-state index < -0.39 is 30.5 Å². The maximum atomic E-state index is 14.7. The number of halogens is 2. The number of ether oxygens (including phenoxy) is 1. The van der Waals surface area contributed by atoms with Crippen LogP contribution in [0.2, 0.25) is 0 Å². The molecule has 0 aliphatic carbocycles. The van der Waals surface area contributed by atoms with Crippen LogP contribution in [0.15, 0.2) is 36.6 Å². The second kappa shape index (κ2) is 11.5. The zero-order valence-electron chi connectivity index (χ0n) is 18.5. The molecule has 2 aromatic heterocycles. The molecule has 1 saturated heterocycles. The van der Waals surface area contributed by atoms with Gasteiger partial charge in [-0.1, -0.05) is 6.58 Å². The molecule has 1 unspecified atom stereocenters. The molecule has 0 bridgehead atoms. The van der Waals surface area contributed by atoms with Gasteiger partial charge in [0.05, 0.1) is 6.61 Å². The zero-order valence-corrected chi connectivity index (χ0v) is 19.4. The van der Waals surface area contributed by atoms with Gasteiger partial charge in [-0.05, 0) is 18.7 Å². The number of nitrogens with one attached hydrogen (secondary N) is 3. The molecule has 11 nitrogen and oxygen atoms in total. The molecule has 34 heavy (non-hydrogen) atoms. The Balaban J connectivity index is 1.61. The van der Waals surface area contributed by atoms with E-state index in [0.29, 0.717) is 18.1 Å². The summed E-state index contributed by atoms with van der Waals surface area (Å²) in [6.07, 6.45) is 3.88. The first-order chi connectivity index (χ1) is 16.3. The second-order valence-corrected chi connectivity index (χ2v) is 8.26. The van der Waals surface area contributed by atoms with Crippen molar-refractivity contribution in [3.8, 4) is 0 Å². The summed E-state index contributed by atoms with van der Waals surface area (Å²) >= 11 is 1.19. The van der Waals surface area contributed by atoms with E-state index in [0.717, 1.165) is 4.90 Å². The fourth-order valence-electron chi connectivity index (χ4n) is 3.23. The van der Waals surface area contributed by atoms with Gasteiger partial charge in [0.15, 0.2) is 5.13 Å². The third-order valence-corrected chi connectivity index (χ3v) is 5.72. The van der Waals surface area contributed by atoms with Crippen molar-refractivity contribution in [1.29, 1.82) is 0 Å². The fourth-order valence-corrected chi connectivity index (χ4v) is 3.75. The van der Waals surface area contributed by atoms with Crippen molar-refractivity contribution < 1.29 is 23.1 Å². The number of anilines is 3. The number of aromatic nitrogens is 3. The Kier molecular flexibility index (Phi) is 8.51. The number of hydrogen-bond acceptors (Lipinski definition) is 9. The minimum Gasteiger partial charge on any atom is -0.449 e. The highest BCUT2D eigenvalue weighted by molar-refractivity contribution is 7.13. The van der Waals surface area contributed by atoms with Crippen LogP contribution in [0, 0.1) is 0 Å². The summed E-state index contributed by atoms with van der Waals surface area (Å²) in [5.41, 5.74) is 0. The van der Waals surface area contributed by atoms with Crippen molar-refractivity contribution in [3.05, 3.63) is 36.6 Å². The molecule has 0 radical (unpaired) electrons. The van der Waals surface area contributed by atoms with Gasteiger partial charge in [-0.2, -0.15) is 4.98 Å². The number of hydrogen-bond donors (Lipinski definition) is 3. The van der Waals surface area contributed by atoms with Gasteiger partial charge in [0.1, 0.15) is 11.9 Å². The lowest BCUT2D eigenvalue weighted by Gasteiger charge is -2.42. The first-order valence-corrected chi connectivity index (χ1v) is 11.4. The number of thiazole rings is 1. The average molecular weight is 497 g/mol. The first kappa shape index (κ1) is 25.1. The third-order valence-electron chi connectivity index (χ3n) is 5.03. The minimum atomic E-state index is -3.11. The molecular weight excluding hydrogens is 470 g/mol. The molecule has 14 heteroatoms. The van der Waals surface area contributed by atoms with Gasteiger partial charge in [0.25, 0.3) is 5.92 Å². The summed E-state index contributed by atoms with van der Waals surface area (Å²) < 4.78 is 34.5. The van der Waals surface area contributed by atoms with Gasteiger partial charge in [-0.15, -0.1) is 11.3 Å². The second-order valence-electron chi connectivity index (χ2n) is 7.37. The lowest BCUT2D eigenvalue weighted by atomic mass is 10.00. The van der Waals surface area contributed by atoms with E-state index in [2.05, 4.69) is 37.5 Å². The SMILES string of the molecule is C=CNCCCOC(=O)Nc1ccnc(N2CCC(F)(F)C(N(C)C(=O)Nc3nccs3)C2)n1. The van der Waals surface area contributed by atoms with Gasteiger partial charge in [0.2, 0.25) is 5.95 Å². The lowest BCUT2D eigenvalue weighted by molar-refractivity contribution is -0.0760. The number of piperidine rings is 1. The van der Waals surface area contributed by atoms with Gasteiger partial charge in [0, 0.05) is 50.9 Å². The predicted octanol–water partition coefficient (Wildman–Crippen LogP) is 2.98. The van der Waals surface area contributed by atoms with Crippen LogP contribution in [0.4, 0.5) is 35.3 Å². The molecule has 3 amide bonds. The molecule has 0 saturated carbocycles. The minimum absolute atomic E-state index is 0.0182. The molecule has 1 aliphatic rings. The van der Waals surface area contributed by atoms with Crippen molar-refractivity contribution >= 4 is 40.4 Å². The van der Waals surface area contributed by atoms with Crippen LogP contribution < -0.4 is 20.9 Å². The Bertz CT molecular complexity index is 978. The first-order valence-electron chi connectivity index (χ1n) is 10.5. The quantitative estimate of drug-likeness (QED) is 0.453. The zero-order chi connectivity index (χ0) is 24.6. The smallest absolute Gasteiger partial charge is 0.412 e. The molecule has 3 rings (SSSR count). The molecule has 2 aromatic rings. The number of carbonyl (C=O) groups is 2. The molecule has 1 aliphatic heterocycles. The van der Waals surface area contributed by atoms with E-state index in [-0.39, 0.29) is 31.5 Å². The maximum Gasteiger partial charge on any atom is 0.412 e. The normalized spacial score (nSPS) is 16.9. The van der Waals surface area contributed by atoms with Gasteiger partial charge in [-0.25, -0.2) is 28.3 Å². The van der Waals surface area contributed by atoms with E-state index in [4.69, 9.17) is 4.74 Å². The summed E-state index contributed by atoms with van der Waals surface area (Å²) in [5.74, 6) is -2.78. The van der Waals surface area contributed by atoms with Crippen LogP contribution in [-0.2, 0) is 4.74 Å². The number of alkyl halides is 2. The van der Waals surface area contributed by atoms with Crippen molar-refractivity contribution in [2.45, 2.75) is 24.8 Å². The Morgan fingerprint density at radius 3 is 2.94 bits per heavy atom. The number of urea groups is 1. The molecule has 3 heterocycles. The highest BCUT2D eigenvalue weighted by atomic mass is 32.1. The Morgan fingerprint density at radius 1 is 1.38 bits per heavy atom. The van der Waals surface area contributed by atoms with Crippen LogP contribution in [0.3, 0.4) is 0 Å². The highest BCUT2D eigenvalue weighted by Gasteiger charge is 2.48. The highest BCUT2D eigenvalue weighted by Crippen LogP contribution is 2.33. The Labute approximate surface area is 199 Å². The topological polar surface area (TPSA) is 125 Å². The monoisotopic (exact) mass is 496 g/mol. The molecule has 184 valence electrons. The van der Waals surface area contributed by atoms with E-state index >= 15 is 0 Å². The van der Waals surface area contributed by atoms with Crippen LogP contribution in [0.1, 0.15) is 12.8 Å². The summed E-state index contributed by atoms with van der Waals surface area (Å²) in [4.78, 5) is 39.3. The molecular formula is C20H26F2N8O3S. The van der Waals surface area contributed by atoms with Crippen molar-refractivity contribution in [3.63, 3.8) is 0 Å². The molecule has 1 atom stereocenters. The fraction of sp³-hybridized carbons (Fsp3) is 0.450. The van der Waals surface area contributed by atoms with Crippen LogP contribution >= 0.6 is 11.3 Å². The Hall–Kier alpha value is -3.55. The molecule has 0 spiro atoms. The van der Waals surface area contributed by atoms with Gasteiger partial charge < -0.3 is 19.9 Å². The lowest BCUT2D eigenvalue weighted by Crippen LogP contribution is -2.60. The Morgan fingerprint density at radius 2 is 2.21 bits per heavy atom. The predicted molar refractivity (Wildman–Crippen MR) is 124 cm³/mol. The van der Waals surface area contributed by atoms with Crippen molar-refractivity contribution in [1.82, 2.24) is 25.2 Å². The number of amides is 3. The molecule has 1 fully saturated rings. The standard InChI is InChI=1S/C20H26F2N8O3S/c1-3-23-7-4-11-33-19(32)27-15-5-8-24-16(26-15)30-10-6-20(21,22)14(13-30)29(2)18(31)28-17-25-9-12-34-17/h3,5,8-9,12,14,23H,1,4,6-7,10-11,13H2,2H3,(H,25,28,31)(H,24,26,27,32). The van der Waals surface area contributed by atoms with Crippen molar-refractivity contribution in [2.75, 3.05) is 48.8 Å². The summed E-state index contributed by atoms with van der Waals surface area (Å²) in [6.45, 7) is 4.13. The van der Waals surface area contributed by atoms with E-state index in [1.807, 2.05) is 0 Å². The van der Waals surface area contributed by atoms with E-state index in [1.54, 1.807) is 16.5 Å². The largest absolute Gasteiger partial charge is 0.449 e. The number of likely N-dealkylation sites (N-methyl/N-ethyl adjacent to an activating group) is 1. The molecule has 0 aromatic carbocycles. The van der Waals surface area contributed by atoms with E-state index in [9.17, 15) is 18.4 Å². The summed E-state index contributed by atoms with van der Waals surface area (Å²) in [7, 11) is 1.31. The number of carbonyl (C=O) groups excluding carboxylic acids is 2. The van der Waals surface area contributed by atoms with Crippen LogP contribution in [-0.4, -0.2) is 77.2 Å². The third kappa shape index (κ3) is 6.73. The van der Waals surface area contributed by atoms with Gasteiger partial charge in [-0.3, -0.25) is 10.6 Å². The maximum absolute atomic E-state index is 14.7. The average Bonchev–Trinajstić information content (AvgIpc) is 3.31. The molecule has 3 N–H and O–H groups in total. The number of nitrogens with zero attached hydrogens (tertiary/aromatic N) is 5. The summed E-state index contributed by atoms with van der Waals surface area (Å²) in [6, 6.07) is -0.646. The van der Waals surface area contributed by atoms with Crippen LogP contribution in [0.25, 0.3) is 0 Å². The van der Waals surface area contributed by atoms with Crippen LogP contribution in [0.5, 0.6) is 0 Å². The van der Waals surface area contributed by atoms with Crippen molar-refractivity contribution in [2.24, 2.45) is 0 Å². The van der Waals surface area contributed by atoms with E-state index in [1.165, 1.54) is 36.8 Å². The summed E-state index contributed by atoms with van der Waals surface area (Å²) in [5, 5.41) is 9.89. The van der Waals surface area contributed by atoms with Gasteiger partial charge >= 0.3 is 12.1 Å².